The molecule has 0 saturated carbocycles. The number of hydrogen-bond donors (Lipinski definition) is 0. The fourth-order valence-electron chi connectivity index (χ4n) is 1.03. The van der Waals surface area contributed by atoms with E-state index in [-0.39, 0.29) is 5.97 Å². The molecular formula is C15H32O5. The van der Waals surface area contributed by atoms with Crippen LogP contribution in [0.3, 0.4) is 0 Å². The summed E-state index contributed by atoms with van der Waals surface area (Å²) in [6.45, 7) is 10.2. The molecule has 0 radical (unpaired) electrons. The summed E-state index contributed by atoms with van der Waals surface area (Å²) in [6, 6.07) is 0. The molecule has 0 N–H and O–H groups in total. The number of unbranched alkanes of at least 4 members (excludes halogenated alkanes) is 2. The van der Waals surface area contributed by atoms with Crippen molar-refractivity contribution in [1.82, 2.24) is 0 Å². The van der Waals surface area contributed by atoms with Gasteiger partial charge >= 0.3 is 5.97 Å². The summed E-state index contributed by atoms with van der Waals surface area (Å²) in [4.78, 5) is 9.59. The van der Waals surface area contributed by atoms with Crippen molar-refractivity contribution in [2.24, 2.45) is 0 Å². The quantitative estimate of drug-likeness (QED) is 0.409. The van der Waals surface area contributed by atoms with Crippen LogP contribution < -0.4 is 0 Å². The van der Waals surface area contributed by atoms with Crippen LogP contribution in [0.25, 0.3) is 0 Å². The molecule has 0 bridgehead atoms. The first-order valence-electron chi connectivity index (χ1n) is 7.46. The molecule has 20 heavy (non-hydrogen) atoms. The molecule has 5 nitrogen and oxygen atoms in total. The van der Waals surface area contributed by atoms with Gasteiger partial charge in [0, 0.05) is 20.1 Å². The first-order valence-corrected chi connectivity index (χ1v) is 7.46. The number of esters is 1. The number of hydrogen-bond acceptors (Lipinski definition) is 5. The molecule has 0 aliphatic heterocycles. The van der Waals surface area contributed by atoms with Crippen molar-refractivity contribution in [1.29, 1.82) is 0 Å². The number of ether oxygens (including phenoxy) is 4. The molecule has 0 fully saturated rings. The van der Waals surface area contributed by atoms with Crippen LogP contribution in [0.15, 0.2) is 0 Å². The predicted molar refractivity (Wildman–Crippen MR) is 80.0 cm³/mol. The highest BCUT2D eigenvalue weighted by molar-refractivity contribution is 5.65. The molecule has 0 atom stereocenters. The van der Waals surface area contributed by atoms with E-state index in [0.717, 1.165) is 26.1 Å². The molecule has 0 aromatic carbocycles. The maximum Gasteiger partial charge on any atom is 0.302 e. The van der Waals surface area contributed by atoms with Gasteiger partial charge in [-0.25, -0.2) is 0 Å². The van der Waals surface area contributed by atoms with Crippen LogP contribution in [-0.4, -0.2) is 52.7 Å². The van der Waals surface area contributed by atoms with E-state index < -0.39 is 0 Å². The Hall–Kier alpha value is -0.650. The van der Waals surface area contributed by atoms with Gasteiger partial charge < -0.3 is 18.9 Å². The second-order valence-corrected chi connectivity index (χ2v) is 4.24. The Kier molecular flexibility index (Phi) is 22.4. The topological polar surface area (TPSA) is 54.0 Å². The van der Waals surface area contributed by atoms with Crippen molar-refractivity contribution in [2.45, 2.75) is 46.5 Å². The molecule has 0 aromatic heterocycles. The Balaban J connectivity index is 0. The van der Waals surface area contributed by atoms with Gasteiger partial charge in [-0.3, -0.25) is 4.79 Å². The zero-order valence-corrected chi connectivity index (χ0v) is 13.6. The van der Waals surface area contributed by atoms with Crippen molar-refractivity contribution >= 4 is 5.97 Å². The van der Waals surface area contributed by atoms with Gasteiger partial charge in [-0.1, -0.05) is 26.7 Å². The monoisotopic (exact) mass is 292 g/mol. The Bertz CT molecular complexity index is 173. The number of carbonyl (C=O) groups excluding carboxylic acids is 1. The minimum Gasteiger partial charge on any atom is -0.469 e. The Morgan fingerprint density at radius 1 is 0.750 bits per heavy atom. The Labute approximate surface area is 123 Å². The van der Waals surface area contributed by atoms with E-state index in [9.17, 15) is 4.79 Å². The summed E-state index contributed by atoms with van der Waals surface area (Å²) in [5, 5.41) is 0. The van der Waals surface area contributed by atoms with Crippen molar-refractivity contribution < 1.29 is 23.7 Å². The third kappa shape index (κ3) is 26.0. The zero-order valence-electron chi connectivity index (χ0n) is 13.6. The fourth-order valence-corrected chi connectivity index (χ4v) is 1.03. The highest BCUT2D eigenvalue weighted by Gasteiger charge is 1.91. The molecular weight excluding hydrogens is 260 g/mol. The van der Waals surface area contributed by atoms with Gasteiger partial charge in [0.05, 0.1) is 33.5 Å². The second kappa shape index (κ2) is 20.7. The van der Waals surface area contributed by atoms with E-state index in [4.69, 9.17) is 14.2 Å². The van der Waals surface area contributed by atoms with Crippen LogP contribution in [0.2, 0.25) is 0 Å². The SMILES string of the molecule is CCCCOCCOCCOCCCC.COC(C)=O. The first kappa shape index (κ1) is 21.6. The average molecular weight is 292 g/mol. The van der Waals surface area contributed by atoms with Crippen molar-refractivity contribution in [3.63, 3.8) is 0 Å². The van der Waals surface area contributed by atoms with E-state index in [0.29, 0.717) is 26.4 Å². The van der Waals surface area contributed by atoms with Crippen LogP contribution in [0.1, 0.15) is 46.5 Å². The van der Waals surface area contributed by atoms with E-state index in [1.807, 2.05) is 0 Å². The highest BCUT2D eigenvalue weighted by atomic mass is 16.5. The number of methoxy groups -OCH3 is 1. The number of carbonyl (C=O) groups is 1. The smallest absolute Gasteiger partial charge is 0.302 e. The van der Waals surface area contributed by atoms with Crippen molar-refractivity contribution in [3.05, 3.63) is 0 Å². The van der Waals surface area contributed by atoms with Crippen LogP contribution in [0.4, 0.5) is 0 Å². The van der Waals surface area contributed by atoms with Crippen molar-refractivity contribution in [3.8, 4) is 0 Å². The zero-order chi connectivity index (χ0) is 15.5. The lowest BCUT2D eigenvalue weighted by atomic mass is 10.4. The van der Waals surface area contributed by atoms with E-state index in [1.54, 1.807) is 0 Å². The molecule has 0 rings (SSSR count). The molecule has 0 spiro atoms. The maximum atomic E-state index is 9.59. The van der Waals surface area contributed by atoms with Gasteiger partial charge in [-0.05, 0) is 12.8 Å². The summed E-state index contributed by atoms with van der Waals surface area (Å²) < 4.78 is 20.2. The fraction of sp³-hybridized carbons (Fsp3) is 0.933. The molecule has 0 unspecified atom stereocenters. The first-order chi connectivity index (χ1) is 9.68. The molecule has 5 heteroatoms. The van der Waals surface area contributed by atoms with Crippen molar-refractivity contribution in [2.75, 3.05) is 46.8 Å². The van der Waals surface area contributed by atoms with E-state index in [2.05, 4.69) is 18.6 Å². The predicted octanol–water partition coefficient (Wildman–Crippen LogP) is 2.82. The highest BCUT2D eigenvalue weighted by Crippen LogP contribution is 1.89. The van der Waals surface area contributed by atoms with Gasteiger partial charge in [0.25, 0.3) is 0 Å². The third-order valence-corrected chi connectivity index (χ3v) is 2.32. The van der Waals surface area contributed by atoms with Crippen LogP contribution in [0.5, 0.6) is 0 Å². The van der Waals surface area contributed by atoms with Gasteiger partial charge in [0.2, 0.25) is 0 Å². The maximum absolute atomic E-state index is 9.59. The largest absolute Gasteiger partial charge is 0.469 e. The second-order valence-electron chi connectivity index (χ2n) is 4.24. The molecule has 0 aliphatic rings. The van der Waals surface area contributed by atoms with Gasteiger partial charge in [0.15, 0.2) is 0 Å². The summed E-state index contributed by atoms with van der Waals surface area (Å²) >= 11 is 0. The average Bonchev–Trinajstić information content (AvgIpc) is 2.45. The summed E-state index contributed by atoms with van der Waals surface area (Å²) in [6.07, 6.45) is 4.65. The van der Waals surface area contributed by atoms with Crippen LogP contribution in [-0.2, 0) is 23.7 Å². The minimum absolute atomic E-state index is 0.245. The lowest BCUT2D eigenvalue weighted by Crippen LogP contribution is -2.10. The molecule has 0 aliphatic carbocycles. The Morgan fingerprint density at radius 3 is 1.30 bits per heavy atom. The standard InChI is InChI=1S/C12H26O3.C3H6O2/c1-3-5-7-13-9-11-15-12-10-14-8-6-4-2;1-3(4)5-2/h3-12H2,1-2H3;1-2H3. The van der Waals surface area contributed by atoms with E-state index >= 15 is 0 Å². The minimum atomic E-state index is -0.245. The molecule has 0 amide bonds. The van der Waals surface area contributed by atoms with Crippen LogP contribution >= 0.6 is 0 Å². The van der Waals surface area contributed by atoms with Gasteiger partial charge in [0.1, 0.15) is 0 Å². The normalized spacial score (nSPS) is 9.80. The van der Waals surface area contributed by atoms with Gasteiger partial charge in [-0.2, -0.15) is 0 Å². The molecule has 0 aromatic rings. The lowest BCUT2D eigenvalue weighted by molar-refractivity contribution is -0.137. The van der Waals surface area contributed by atoms with Gasteiger partial charge in [-0.15, -0.1) is 0 Å². The summed E-state index contributed by atoms with van der Waals surface area (Å²) in [7, 11) is 1.35. The van der Waals surface area contributed by atoms with E-state index in [1.165, 1.54) is 26.9 Å². The molecule has 0 saturated heterocycles. The lowest BCUT2D eigenvalue weighted by Gasteiger charge is -2.06. The number of rotatable bonds is 12. The Morgan fingerprint density at radius 2 is 1.05 bits per heavy atom. The molecule has 122 valence electrons. The third-order valence-electron chi connectivity index (χ3n) is 2.32. The van der Waals surface area contributed by atoms with Crippen LogP contribution in [0, 0.1) is 0 Å². The summed E-state index contributed by atoms with van der Waals surface area (Å²) in [5.41, 5.74) is 0. The molecule has 0 heterocycles. The summed E-state index contributed by atoms with van der Waals surface area (Å²) in [5.74, 6) is -0.245.